The molecule has 2 amide bonds. The maximum absolute atomic E-state index is 13.6. The van der Waals surface area contributed by atoms with Gasteiger partial charge in [0.25, 0.3) is 0 Å². The summed E-state index contributed by atoms with van der Waals surface area (Å²) >= 11 is 7.60. The molecule has 0 aliphatic heterocycles. The van der Waals surface area contributed by atoms with E-state index in [0.29, 0.717) is 42.6 Å². The number of hydrogen-bond acceptors (Lipinski definition) is 3. The minimum atomic E-state index is -0.593. The second-order valence-electron chi connectivity index (χ2n) is 8.90. The Morgan fingerprint density at radius 3 is 2.09 bits per heavy atom. The van der Waals surface area contributed by atoms with E-state index < -0.39 is 6.04 Å². The first-order chi connectivity index (χ1) is 16.9. The number of thioether (sulfide) groups is 1. The molecule has 0 aliphatic carbocycles. The predicted molar refractivity (Wildman–Crippen MR) is 146 cm³/mol. The van der Waals surface area contributed by atoms with Crippen molar-refractivity contribution < 1.29 is 9.59 Å². The molecule has 0 unspecified atom stereocenters. The molecule has 1 atom stereocenters. The number of rotatable bonds is 12. The van der Waals surface area contributed by atoms with Gasteiger partial charge in [0.15, 0.2) is 0 Å². The summed E-state index contributed by atoms with van der Waals surface area (Å²) in [6.07, 6.45) is 0.802. The van der Waals surface area contributed by atoms with Gasteiger partial charge in [-0.05, 0) is 41.3 Å². The first-order valence-corrected chi connectivity index (χ1v) is 13.3. The summed E-state index contributed by atoms with van der Waals surface area (Å²) in [6.45, 7) is 5.09. The monoisotopic (exact) mass is 508 g/mol. The van der Waals surface area contributed by atoms with Crippen LogP contribution in [0.1, 0.15) is 31.4 Å². The topological polar surface area (TPSA) is 49.4 Å². The largest absolute Gasteiger partial charge is 0.354 e. The lowest BCUT2D eigenvalue weighted by Gasteiger charge is -2.32. The molecule has 6 heteroatoms. The van der Waals surface area contributed by atoms with Gasteiger partial charge < -0.3 is 10.2 Å². The average Bonchev–Trinajstić information content (AvgIpc) is 2.87. The van der Waals surface area contributed by atoms with Crippen molar-refractivity contribution in [1.29, 1.82) is 0 Å². The quantitative estimate of drug-likeness (QED) is 0.295. The van der Waals surface area contributed by atoms with Gasteiger partial charge in [0.05, 0.1) is 0 Å². The van der Waals surface area contributed by atoms with Crippen molar-refractivity contribution in [1.82, 2.24) is 10.2 Å². The van der Waals surface area contributed by atoms with Crippen LogP contribution in [0.2, 0.25) is 5.02 Å². The molecule has 0 spiro atoms. The number of hydrogen-bond donors (Lipinski definition) is 1. The number of amides is 2. The Hall–Kier alpha value is -2.76. The van der Waals surface area contributed by atoms with Crippen LogP contribution in [0.15, 0.2) is 89.8 Å². The van der Waals surface area contributed by atoms with Crippen molar-refractivity contribution in [3.8, 4) is 0 Å². The van der Waals surface area contributed by atoms with E-state index in [1.807, 2.05) is 84.9 Å². The van der Waals surface area contributed by atoms with E-state index in [0.717, 1.165) is 16.0 Å². The number of carbonyl (C=O) groups is 2. The second kappa shape index (κ2) is 14.0. The van der Waals surface area contributed by atoms with Gasteiger partial charge in [-0.25, -0.2) is 0 Å². The van der Waals surface area contributed by atoms with Crippen molar-refractivity contribution in [3.05, 3.63) is 101 Å². The normalized spacial score (nSPS) is 11.8. The number of halogens is 1. The molecule has 0 saturated carbocycles. The maximum atomic E-state index is 13.6. The molecule has 35 heavy (non-hydrogen) atoms. The SMILES string of the molecule is CC(C)CNC(=O)[C@@H](Cc1ccccc1)N(Cc1ccccc1)C(=O)CCSc1ccc(Cl)cc1. The molecule has 3 rings (SSSR count). The summed E-state index contributed by atoms with van der Waals surface area (Å²) in [7, 11) is 0. The molecule has 1 N–H and O–H groups in total. The van der Waals surface area contributed by atoms with Crippen LogP contribution in [0.4, 0.5) is 0 Å². The summed E-state index contributed by atoms with van der Waals surface area (Å²) in [4.78, 5) is 29.8. The molecule has 4 nitrogen and oxygen atoms in total. The van der Waals surface area contributed by atoms with Crippen LogP contribution < -0.4 is 5.32 Å². The third-order valence-electron chi connectivity index (χ3n) is 5.55. The Morgan fingerprint density at radius 2 is 1.49 bits per heavy atom. The first-order valence-electron chi connectivity index (χ1n) is 12.0. The summed E-state index contributed by atoms with van der Waals surface area (Å²) < 4.78 is 0. The summed E-state index contributed by atoms with van der Waals surface area (Å²) in [5, 5.41) is 3.75. The summed E-state index contributed by atoms with van der Waals surface area (Å²) in [6, 6.07) is 26.8. The van der Waals surface area contributed by atoms with Crippen LogP contribution in [0, 0.1) is 5.92 Å². The Balaban J connectivity index is 1.80. The Kier molecular flexibility index (Phi) is 10.7. The smallest absolute Gasteiger partial charge is 0.243 e. The lowest BCUT2D eigenvalue weighted by atomic mass is 10.0. The van der Waals surface area contributed by atoms with Crippen molar-refractivity contribution in [2.75, 3.05) is 12.3 Å². The molecule has 0 aromatic heterocycles. The summed E-state index contributed by atoms with van der Waals surface area (Å²) in [5.41, 5.74) is 2.03. The van der Waals surface area contributed by atoms with Crippen molar-refractivity contribution in [3.63, 3.8) is 0 Å². The Labute approximate surface area is 218 Å². The lowest BCUT2D eigenvalue weighted by molar-refractivity contribution is -0.141. The minimum Gasteiger partial charge on any atom is -0.354 e. The second-order valence-corrected chi connectivity index (χ2v) is 10.5. The number of nitrogens with zero attached hydrogens (tertiary/aromatic N) is 1. The highest BCUT2D eigenvalue weighted by Crippen LogP contribution is 2.22. The molecule has 0 fully saturated rings. The molecule has 3 aromatic rings. The van der Waals surface area contributed by atoms with Gasteiger partial charge in [-0.2, -0.15) is 0 Å². The lowest BCUT2D eigenvalue weighted by Crippen LogP contribution is -2.51. The van der Waals surface area contributed by atoms with E-state index in [1.165, 1.54) is 0 Å². The zero-order chi connectivity index (χ0) is 25.0. The third-order valence-corrected chi connectivity index (χ3v) is 6.82. The fourth-order valence-corrected chi connectivity index (χ4v) is 4.65. The van der Waals surface area contributed by atoms with E-state index in [4.69, 9.17) is 11.6 Å². The molecular weight excluding hydrogens is 476 g/mol. The minimum absolute atomic E-state index is 0.0315. The highest BCUT2D eigenvalue weighted by atomic mass is 35.5. The van der Waals surface area contributed by atoms with E-state index in [2.05, 4.69) is 19.2 Å². The fraction of sp³-hybridized carbons (Fsp3) is 0.310. The Bertz CT molecular complexity index is 1060. The van der Waals surface area contributed by atoms with Crippen LogP contribution in [-0.4, -0.2) is 35.1 Å². The first kappa shape index (κ1) is 26.8. The molecule has 184 valence electrons. The van der Waals surface area contributed by atoms with Gasteiger partial charge in [-0.1, -0.05) is 86.1 Å². The van der Waals surface area contributed by atoms with Gasteiger partial charge in [0.1, 0.15) is 6.04 Å². The maximum Gasteiger partial charge on any atom is 0.243 e. The van der Waals surface area contributed by atoms with Crippen LogP contribution in [0.5, 0.6) is 0 Å². The molecule has 0 heterocycles. The van der Waals surface area contributed by atoms with Crippen LogP contribution in [0.25, 0.3) is 0 Å². The number of benzene rings is 3. The standard InChI is InChI=1S/C29H33ClN2O2S/c1-22(2)20-31-29(34)27(19-23-9-5-3-6-10-23)32(21-24-11-7-4-8-12-24)28(33)17-18-35-26-15-13-25(30)14-16-26/h3-16,22,27H,17-21H2,1-2H3,(H,31,34)/t27-/m1/s1. The molecular formula is C29H33ClN2O2S. The van der Waals surface area contributed by atoms with E-state index in [1.54, 1.807) is 16.7 Å². The van der Waals surface area contributed by atoms with Crippen molar-refractivity contribution in [2.45, 2.75) is 44.2 Å². The summed E-state index contributed by atoms with van der Waals surface area (Å²) in [5.74, 6) is 0.802. The van der Waals surface area contributed by atoms with E-state index >= 15 is 0 Å². The van der Waals surface area contributed by atoms with Crippen molar-refractivity contribution >= 4 is 35.2 Å². The number of nitrogens with one attached hydrogen (secondary N) is 1. The average molecular weight is 509 g/mol. The van der Waals surface area contributed by atoms with Crippen LogP contribution >= 0.6 is 23.4 Å². The molecule has 0 saturated heterocycles. The highest BCUT2D eigenvalue weighted by molar-refractivity contribution is 7.99. The van der Waals surface area contributed by atoms with Gasteiger partial charge in [-0.3, -0.25) is 9.59 Å². The van der Waals surface area contributed by atoms with Crippen LogP contribution in [0.3, 0.4) is 0 Å². The predicted octanol–water partition coefficient (Wildman–Crippen LogP) is 6.23. The van der Waals surface area contributed by atoms with Gasteiger partial charge in [0, 0.05) is 41.6 Å². The molecule has 0 radical (unpaired) electrons. The van der Waals surface area contributed by atoms with E-state index in [9.17, 15) is 9.59 Å². The van der Waals surface area contributed by atoms with Crippen molar-refractivity contribution in [2.24, 2.45) is 5.92 Å². The third kappa shape index (κ3) is 9.08. The zero-order valence-corrected chi connectivity index (χ0v) is 21.9. The van der Waals surface area contributed by atoms with Crippen LogP contribution in [-0.2, 0) is 22.6 Å². The molecule has 0 bridgehead atoms. The fourth-order valence-electron chi connectivity index (χ4n) is 3.69. The molecule has 0 aliphatic rings. The molecule has 3 aromatic carbocycles. The van der Waals surface area contributed by atoms with Gasteiger partial charge >= 0.3 is 0 Å². The zero-order valence-electron chi connectivity index (χ0n) is 20.3. The van der Waals surface area contributed by atoms with Gasteiger partial charge in [-0.15, -0.1) is 11.8 Å². The number of carbonyl (C=O) groups excluding carboxylic acids is 2. The van der Waals surface area contributed by atoms with E-state index in [-0.39, 0.29) is 11.8 Å². The Morgan fingerprint density at radius 1 is 0.886 bits per heavy atom. The highest BCUT2D eigenvalue weighted by Gasteiger charge is 2.30. The van der Waals surface area contributed by atoms with Gasteiger partial charge in [0.2, 0.25) is 11.8 Å².